The molecule has 0 bridgehead atoms. The number of oxazole rings is 1. The van der Waals surface area contributed by atoms with E-state index in [0.29, 0.717) is 0 Å². The van der Waals surface area contributed by atoms with Crippen LogP contribution in [0.3, 0.4) is 0 Å². The van der Waals surface area contributed by atoms with Crippen molar-refractivity contribution in [1.82, 2.24) is 0 Å². The molecule has 0 N–H and O–H groups in total. The van der Waals surface area contributed by atoms with Crippen LogP contribution in [-0.4, -0.2) is 0 Å². The van der Waals surface area contributed by atoms with Gasteiger partial charge >= 0.3 is 11.6 Å². The van der Waals surface area contributed by atoms with Crippen molar-refractivity contribution in [2.75, 3.05) is 0 Å². The van der Waals surface area contributed by atoms with Gasteiger partial charge in [-0.15, -0.1) is 4.57 Å². The van der Waals surface area contributed by atoms with E-state index in [9.17, 15) is 0 Å². The molecule has 0 aliphatic heterocycles. The van der Waals surface area contributed by atoms with Crippen molar-refractivity contribution in [2.45, 2.75) is 33.1 Å². The number of nitrogens with zero attached hydrogens (tertiary/aromatic N) is 1. The van der Waals surface area contributed by atoms with Crippen molar-refractivity contribution in [2.24, 2.45) is 7.05 Å². The Balaban J connectivity index is 1.87. The Hall–Kier alpha value is -3.07. The number of hydrogen-bond acceptors (Lipinski definition) is 2. The van der Waals surface area contributed by atoms with Crippen molar-refractivity contribution in [1.29, 1.82) is 0 Å². The van der Waals surface area contributed by atoms with Crippen LogP contribution < -0.4 is 4.57 Å². The Labute approximate surface area is 164 Å². The summed E-state index contributed by atoms with van der Waals surface area (Å²) in [5.41, 5.74) is 6.10. The molecule has 140 valence electrons. The van der Waals surface area contributed by atoms with Crippen molar-refractivity contribution in [3.8, 4) is 11.5 Å². The highest BCUT2D eigenvalue weighted by Crippen LogP contribution is 2.38. The minimum Gasteiger partial charge on any atom is -0.401 e. The van der Waals surface area contributed by atoms with E-state index in [4.69, 9.17) is 8.83 Å². The van der Waals surface area contributed by atoms with E-state index in [-0.39, 0.29) is 5.41 Å². The molecular weight excluding hydrogens is 346 g/mol. The predicted octanol–water partition coefficient (Wildman–Crippen LogP) is 6.43. The van der Waals surface area contributed by atoms with Crippen LogP contribution in [0.25, 0.3) is 44.5 Å². The standard InChI is InChI=1S/C25H24NO2/c1-15-16-10-6-7-11-17(16)20(25(2,3)4)14-19(15)23-26(5)24-22(28-23)18-12-8-9-13-21(18)27-24/h6-14H,1-5H3/q+1. The second-order valence-electron chi connectivity index (χ2n) is 8.59. The number of para-hydroxylation sites is 1. The normalized spacial score (nSPS) is 12.5. The molecule has 0 aliphatic rings. The van der Waals surface area contributed by atoms with Gasteiger partial charge in [0, 0.05) is 0 Å². The van der Waals surface area contributed by atoms with E-state index in [1.807, 2.05) is 35.9 Å². The second kappa shape index (κ2) is 5.71. The monoisotopic (exact) mass is 370 g/mol. The van der Waals surface area contributed by atoms with E-state index in [0.717, 1.165) is 33.7 Å². The van der Waals surface area contributed by atoms with Gasteiger partial charge in [-0.3, -0.25) is 0 Å². The summed E-state index contributed by atoms with van der Waals surface area (Å²) in [7, 11) is 2.01. The van der Waals surface area contributed by atoms with E-state index in [1.54, 1.807) is 0 Å². The van der Waals surface area contributed by atoms with Gasteiger partial charge in [-0.05, 0) is 52.4 Å². The maximum atomic E-state index is 6.40. The molecule has 3 nitrogen and oxygen atoms in total. The lowest BCUT2D eigenvalue weighted by atomic mass is 9.81. The van der Waals surface area contributed by atoms with Crippen LogP contribution in [0.4, 0.5) is 0 Å². The average molecular weight is 370 g/mol. The highest BCUT2D eigenvalue weighted by atomic mass is 16.4. The van der Waals surface area contributed by atoms with E-state index in [1.165, 1.54) is 21.9 Å². The molecule has 0 unspecified atom stereocenters. The molecule has 28 heavy (non-hydrogen) atoms. The molecule has 2 aromatic heterocycles. The Morgan fingerprint density at radius 3 is 2.18 bits per heavy atom. The number of aromatic nitrogens is 1. The van der Waals surface area contributed by atoms with Crippen LogP contribution in [0.2, 0.25) is 0 Å². The molecule has 0 saturated heterocycles. The minimum absolute atomic E-state index is 0.0268. The van der Waals surface area contributed by atoms with Gasteiger partial charge in [-0.1, -0.05) is 57.2 Å². The van der Waals surface area contributed by atoms with Crippen LogP contribution in [0.5, 0.6) is 0 Å². The summed E-state index contributed by atoms with van der Waals surface area (Å²) in [6.07, 6.45) is 0. The SMILES string of the molecule is Cc1c(-c2oc3c4ccccc4oc3[n+]2C)cc(C(C)(C)C)c2ccccc12. The molecule has 5 rings (SSSR count). The third kappa shape index (κ3) is 2.32. The summed E-state index contributed by atoms with van der Waals surface area (Å²) in [6, 6.07) is 18.9. The summed E-state index contributed by atoms with van der Waals surface area (Å²) in [4.78, 5) is 0. The van der Waals surface area contributed by atoms with E-state index in [2.05, 4.69) is 58.0 Å². The average Bonchev–Trinajstić information content (AvgIpc) is 3.18. The molecule has 0 atom stereocenters. The summed E-state index contributed by atoms with van der Waals surface area (Å²) >= 11 is 0. The highest BCUT2D eigenvalue weighted by Gasteiger charge is 2.30. The lowest BCUT2D eigenvalue weighted by Gasteiger charge is -2.23. The first kappa shape index (κ1) is 17.1. The number of fused-ring (bicyclic) bond motifs is 4. The molecule has 3 aromatic carbocycles. The van der Waals surface area contributed by atoms with Gasteiger partial charge in [0.25, 0.3) is 5.58 Å². The zero-order valence-corrected chi connectivity index (χ0v) is 17.0. The molecular formula is C25H24NO2+. The zero-order valence-electron chi connectivity index (χ0n) is 17.0. The van der Waals surface area contributed by atoms with Crippen LogP contribution in [0, 0.1) is 6.92 Å². The maximum absolute atomic E-state index is 6.40. The predicted molar refractivity (Wildman–Crippen MR) is 114 cm³/mol. The number of hydrogen-bond donors (Lipinski definition) is 0. The summed E-state index contributed by atoms with van der Waals surface area (Å²) < 4.78 is 14.5. The molecule has 2 heterocycles. The van der Waals surface area contributed by atoms with Gasteiger partial charge in [0.1, 0.15) is 12.6 Å². The van der Waals surface area contributed by atoms with E-state index < -0.39 is 0 Å². The number of benzene rings is 3. The fraction of sp³-hybridized carbons (Fsp3) is 0.240. The first-order valence-electron chi connectivity index (χ1n) is 9.69. The fourth-order valence-electron chi connectivity index (χ4n) is 4.18. The fourth-order valence-corrected chi connectivity index (χ4v) is 4.18. The summed E-state index contributed by atoms with van der Waals surface area (Å²) in [6.45, 7) is 8.95. The summed E-state index contributed by atoms with van der Waals surface area (Å²) in [5.74, 6) is 0.827. The lowest BCUT2D eigenvalue weighted by molar-refractivity contribution is -0.644. The summed E-state index contributed by atoms with van der Waals surface area (Å²) in [5, 5.41) is 3.58. The topological polar surface area (TPSA) is 30.2 Å². The lowest BCUT2D eigenvalue weighted by Crippen LogP contribution is -2.28. The first-order valence-corrected chi connectivity index (χ1v) is 9.69. The number of furan rings is 1. The second-order valence-corrected chi connectivity index (χ2v) is 8.59. The minimum atomic E-state index is 0.0268. The molecule has 0 amide bonds. The molecule has 0 saturated carbocycles. The van der Waals surface area contributed by atoms with Gasteiger partial charge in [-0.2, -0.15) is 0 Å². The maximum Gasteiger partial charge on any atom is 0.421 e. The largest absolute Gasteiger partial charge is 0.421 e. The van der Waals surface area contributed by atoms with Gasteiger partial charge in [0.15, 0.2) is 0 Å². The molecule has 0 fully saturated rings. The highest BCUT2D eigenvalue weighted by molar-refractivity contribution is 5.99. The van der Waals surface area contributed by atoms with Gasteiger partial charge < -0.3 is 8.83 Å². The van der Waals surface area contributed by atoms with Crippen LogP contribution >= 0.6 is 0 Å². The van der Waals surface area contributed by atoms with Crippen LogP contribution in [0.15, 0.2) is 63.4 Å². The van der Waals surface area contributed by atoms with E-state index >= 15 is 0 Å². The first-order chi connectivity index (χ1) is 13.4. The molecule has 0 aliphatic carbocycles. The Bertz CT molecular complexity index is 1360. The van der Waals surface area contributed by atoms with Crippen LogP contribution in [-0.2, 0) is 12.5 Å². The third-order valence-corrected chi connectivity index (χ3v) is 5.69. The number of aryl methyl sites for hydroxylation is 2. The van der Waals surface area contributed by atoms with Crippen molar-refractivity contribution >= 4 is 33.0 Å². The number of rotatable bonds is 1. The molecule has 5 aromatic rings. The van der Waals surface area contributed by atoms with Gasteiger partial charge in [-0.25, -0.2) is 0 Å². The smallest absolute Gasteiger partial charge is 0.401 e. The molecule has 3 heteroatoms. The van der Waals surface area contributed by atoms with Gasteiger partial charge in [0.05, 0.1) is 10.9 Å². The molecule has 0 radical (unpaired) electrons. The van der Waals surface area contributed by atoms with Gasteiger partial charge in [0.2, 0.25) is 0 Å². The Morgan fingerprint density at radius 1 is 0.821 bits per heavy atom. The third-order valence-electron chi connectivity index (χ3n) is 5.69. The van der Waals surface area contributed by atoms with Crippen molar-refractivity contribution in [3.05, 3.63) is 65.7 Å². The quantitative estimate of drug-likeness (QED) is 0.318. The van der Waals surface area contributed by atoms with Crippen molar-refractivity contribution in [3.63, 3.8) is 0 Å². The van der Waals surface area contributed by atoms with Crippen LogP contribution in [0.1, 0.15) is 31.9 Å². The zero-order chi connectivity index (χ0) is 19.6. The van der Waals surface area contributed by atoms with Crippen molar-refractivity contribution < 1.29 is 13.4 Å². The Morgan fingerprint density at radius 2 is 1.46 bits per heavy atom. The molecule has 0 spiro atoms. The Kier molecular flexibility index (Phi) is 3.48.